The van der Waals surface area contributed by atoms with Crippen LogP contribution in [0.5, 0.6) is 0 Å². The van der Waals surface area contributed by atoms with E-state index in [2.05, 4.69) is 18.3 Å². The van der Waals surface area contributed by atoms with E-state index in [-0.39, 0.29) is 11.0 Å². The summed E-state index contributed by atoms with van der Waals surface area (Å²) in [5.74, 6) is 0.180. The van der Waals surface area contributed by atoms with Gasteiger partial charge in [-0.3, -0.25) is 0 Å². The second kappa shape index (κ2) is 6.93. The molecule has 1 fully saturated rings. The number of sulfone groups is 1. The lowest BCUT2D eigenvalue weighted by Gasteiger charge is -2.29. The monoisotopic (exact) mass is 309 g/mol. The molecule has 0 bridgehead atoms. The third kappa shape index (κ3) is 4.55. The summed E-state index contributed by atoms with van der Waals surface area (Å²) in [5, 5.41) is 3.22. The van der Waals surface area contributed by atoms with Crippen molar-refractivity contribution in [3.8, 4) is 0 Å². The molecule has 118 valence electrons. The topological polar surface area (TPSA) is 46.2 Å². The van der Waals surface area contributed by atoms with Crippen molar-refractivity contribution in [3.05, 3.63) is 34.9 Å². The summed E-state index contributed by atoms with van der Waals surface area (Å²) in [4.78, 5) is 0. The predicted molar refractivity (Wildman–Crippen MR) is 88.3 cm³/mol. The number of nitrogens with one attached hydrogen (secondary N) is 1. The smallest absolute Gasteiger partial charge is 0.157 e. The van der Waals surface area contributed by atoms with Gasteiger partial charge in [0.25, 0.3) is 0 Å². The maximum atomic E-state index is 12.7. The lowest BCUT2D eigenvalue weighted by atomic mass is 9.95. The number of benzene rings is 1. The van der Waals surface area contributed by atoms with E-state index >= 15 is 0 Å². The van der Waals surface area contributed by atoms with Gasteiger partial charge in [-0.05, 0) is 45.2 Å². The van der Waals surface area contributed by atoms with Gasteiger partial charge in [-0.2, -0.15) is 0 Å². The van der Waals surface area contributed by atoms with Crippen LogP contribution < -0.4 is 5.32 Å². The summed E-state index contributed by atoms with van der Waals surface area (Å²) >= 11 is 0. The second-order valence-electron chi connectivity index (χ2n) is 6.35. The molecule has 0 aromatic heterocycles. The van der Waals surface area contributed by atoms with E-state index < -0.39 is 9.84 Å². The van der Waals surface area contributed by atoms with Gasteiger partial charge in [0, 0.05) is 6.04 Å². The highest BCUT2D eigenvalue weighted by molar-refractivity contribution is 7.91. The number of aryl methyl sites for hydroxylation is 2. The summed E-state index contributed by atoms with van der Waals surface area (Å²) in [5.41, 5.74) is 3.20. The molecule has 1 aliphatic rings. The zero-order valence-electron chi connectivity index (χ0n) is 13.4. The molecule has 2 unspecified atom stereocenters. The fourth-order valence-corrected chi connectivity index (χ4v) is 5.37. The van der Waals surface area contributed by atoms with Crippen molar-refractivity contribution in [1.29, 1.82) is 0 Å². The van der Waals surface area contributed by atoms with Gasteiger partial charge in [0.1, 0.15) is 0 Å². The largest absolute Gasteiger partial charge is 0.314 e. The Morgan fingerprint density at radius 2 is 1.81 bits per heavy atom. The Labute approximate surface area is 129 Å². The highest BCUT2D eigenvalue weighted by Crippen LogP contribution is 2.27. The third-order valence-electron chi connectivity index (χ3n) is 4.28. The Balaban J connectivity index is 2.10. The molecule has 1 N–H and O–H groups in total. The van der Waals surface area contributed by atoms with Crippen LogP contribution in [0.25, 0.3) is 0 Å². The number of hydrogen-bond donors (Lipinski definition) is 1. The van der Waals surface area contributed by atoms with Crippen LogP contribution in [0.3, 0.4) is 0 Å². The summed E-state index contributed by atoms with van der Waals surface area (Å²) in [6, 6.07) is 6.44. The molecule has 0 amide bonds. The summed E-state index contributed by atoms with van der Waals surface area (Å²) in [6.45, 7) is 7.03. The molecule has 1 aliphatic carbocycles. The SMILES string of the molecule is CCNC1CCCC(S(=O)(=O)Cc2cc(C)cc(C)c2)C1. The summed E-state index contributed by atoms with van der Waals surface area (Å²) in [7, 11) is -3.06. The Morgan fingerprint density at radius 3 is 2.43 bits per heavy atom. The van der Waals surface area contributed by atoms with E-state index in [4.69, 9.17) is 0 Å². The van der Waals surface area contributed by atoms with Crippen LogP contribution in [0.15, 0.2) is 18.2 Å². The molecule has 0 radical (unpaired) electrons. The standard InChI is InChI=1S/C17H27NO2S/c1-4-18-16-6-5-7-17(11-16)21(19,20)12-15-9-13(2)8-14(3)10-15/h8-10,16-18H,4-7,11-12H2,1-3H3. The van der Waals surface area contributed by atoms with Crippen LogP contribution in [0.2, 0.25) is 0 Å². The van der Waals surface area contributed by atoms with Gasteiger partial charge >= 0.3 is 0 Å². The van der Waals surface area contributed by atoms with Gasteiger partial charge < -0.3 is 5.32 Å². The van der Waals surface area contributed by atoms with E-state index in [9.17, 15) is 8.42 Å². The van der Waals surface area contributed by atoms with Gasteiger partial charge in [0.05, 0.1) is 11.0 Å². The van der Waals surface area contributed by atoms with Crippen molar-refractivity contribution >= 4 is 9.84 Å². The lowest BCUT2D eigenvalue weighted by Crippen LogP contribution is -2.39. The van der Waals surface area contributed by atoms with E-state index in [0.29, 0.717) is 6.04 Å². The van der Waals surface area contributed by atoms with Crippen LogP contribution >= 0.6 is 0 Å². The first-order valence-corrected chi connectivity index (χ1v) is 9.64. The Hall–Kier alpha value is -0.870. The lowest BCUT2D eigenvalue weighted by molar-refractivity contribution is 0.377. The van der Waals surface area contributed by atoms with Gasteiger partial charge in [0.15, 0.2) is 9.84 Å². The van der Waals surface area contributed by atoms with Crippen molar-refractivity contribution in [2.75, 3.05) is 6.54 Å². The zero-order valence-corrected chi connectivity index (χ0v) is 14.2. The fraction of sp³-hybridized carbons (Fsp3) is 0.647. The minimum absolute atomic E-state index is 0.180. The van der Waals surface area contributed by atoms with Gasteiger partial charge in [-0.1, -0.05) is 42.7 Å². The van der Waals surface area contributed by atoms with Crippen LogP contribution in [-0.4, -0.2) is 26.3 Å². The number of rotatable bonds is 5. The van der Waals surface area contributed by atoms with Crippen molar-refractivity contribution < 1.29 is 8.42 Å². The van der Waals surface area contributed by atoms with Crippen LogP contribution in [0.4, 0.5) is 0 Å². The van der Waals surface area contributed by atoms with E-state index in [1.807, 2.05) is 26.0 Å². The molecule has 3 nitrogen and oxygen atoms in total. The summed E-state index contributed by atoms with van der Waals surface area (Å²) in [6.07, 6.45) is 3.69. The maximum absolute atomic E-state index is 12.7. The van der Waals surface area contributed by atoms with Gasteiger partial charge in [0.2, 0.25) is 0 Å². The molecule has 21 heavy (non-hydrogen) atoms. The van der Waals surface area contributed by atoms with Crippen LogP contribution in [0.1, 0.15) is 49.3 Å². The molecule has 0 saturated heterocycles. The van der Waals surface area contributed by atoms with E-state index in [0.717, 1.165) is 48.9 Å². The first-order valence-electron chi connectivity index (χ1n) is 7.93. The fourth-order valence-electron chi connectivity index (χ4n) is 3.45. The average Bonchev–Trinajstić information content (AvgIpc) is 2.37. The Bertz CT molecular complexity index is 558. The first-order chi connectivity index (χ1) is 9.90. The molecular formula is C17H27NO2S. The first kappa shape index (κ1) is 16.5. The highest BCUT2D eigenvalue weighted by Gasteiger charge is 2.31. The minimum Gasteiger partial charge on any atom is -0.314 e. The van der Waals surface area contributed by atoms with E-state index in [1.165, 1.54) is 0 Å². The van der Waals surface area contributed by atoms with Gasteiger partial charge in [-0.25, -0.2) is 8.42 Å². The van der Waals surface area contributed by atoms with Crippen molar-refractivity contribution in [3.63, 3.8) is 0 Å². The van der Waals surface area contributed by atoms with Crippen molar-refractivity contribution in [2.24, 2.45) is 0 Å². The average molecular weight is 309 g/mol. The van der Waals surface area contributed by atoms with Crippen LogP contribution in [-0.2, 0) is 15.6 Å². The minimum atomic E-state index is -3.06. The normalized spacial score (nSPS) is 23.2. The Morgan fingerprint density at radius 1 is 1.14 bits per heavy atom. The molecular weight excluding hydrogens is 282 g/mol. The highest BCUT2D eigenvalue weighted by atomic mass is 32.2. The summed E-state index contributed by atoms with van der Waals surface area (Å²) < 4.78 is 25.4. The molecule has 1 aromatic rings. The van der Waals surface area contributed by atoms with Crippen molar-refractivity contribution in [2.45, 2.75) is 63.5 Å². The second-order valence-corrected chi connectivity index (χ2v) is 8.63. The number of hydrogen-bond acceptors (Lipinski definition) is 3. The zero-order chi connectivity index (χ0) is 15.5. The maximum Gasteiger partial charge on any atom is 0.157 e. The van der Waals surface area contributed by atoms with E-state index in [1.54, 1.807) is 0 Å². The molecule has 0 aliphatic heterocycles. The predicted octanol–water partition coefficient (Wildman–Crippen LogP) is 3.14. The molecule has 4 heteroatoms. The molecule has 2 rings (SSSR count). The van der Waals surface area contributed by atoms with Gasteiger partial charge in [-0.15, -0.1) is 0 Å². The third-order valence-corrected chi connectivity index (χ3v) is 6.46. The quantitative estimate of drug-likeness (QED) is 0.909. The molecule has 0 spiro atoms. The van der Waals surface area contributed by atoms with Crippen molar-refractivity contribution in [1.82, 2.24) is 5.32 Å². The molecule has 0 heterocycles. The molecule has 1 saturated carbocycles. The van der Waals surface area contributed by atoms with Crippen LogP contribution in [0, 0.1) is 13.8 Å². The molecule has 1 aromatic carbocycles. The molecule has 2 atom stereocenters. The Kier molecular flexibility index (Phi) is 5.44.